The number of rotatable bonds is 4. The van der Waals surface area contributed by atoms with E-state index >= 15 is 0 Å². The van der Waals surface area contributed by atoms with Crippen LogP contribution >= 0.6 is 0 Å². The second kappa shape index (κ2) is 5.88. The van der Waals surface area contributed by atoms with Gasteiger partial charge in [-0.15, -0.1) is 0 Å². The lowest BCUT2D eigenvalue weighted by Crippen LogP contribution is -2.06. The van der Waals surface area contributed by atoms with Crippen LogP contribution < -0.4 is 4.74 Å². The molecule has 0 amide bonds. The molecule has 2 heterocycles. The first kappa shape index (κ1) is 14.1. The minimum Gasteiger partial charge on any atom is -0.453 e. The zero-order valence-electron chi connectivity index (χ0n) is 12.1. The lowest BCUT2D eigenvalue weighted by atomic mass is 10.1. The summed E-state index contributed by atoms with van der Waals surface area (Å²) in [5.74, 6) is 1.10. The molecule has 0 aliphatic heterocycles. The third kappa shape index (κ3) is 2.78. The molecule has 0 saturated heterocycles. The third-order valence-corrected chi connectivity index (χ3v) is 3.01. The molecular formula is C15H14FN5O. The van der Waals surface area contributed by atoms with E-state index in [1.165, 1.54) is 37.2 Å². The van der Waals surface area contributed by atoms with Gasteiger partial charge in [0.15, 0.2) is 11.6 Å². The van der Waals surface area contributed by atoms with Gasteiger partial charge in [-0.3, -0.25) is 0 Å². The summed E-state index contributed by atoms with van der Waals surface area (Å²) in [5.41, 5.74) is 0.523. The van der Waals surface area contributed by atoms with Crippen LogP contribution in [-0.4, -0.2) is 24.7 Å². The average molecular weight is 299 g/mol. The summed E-state index contributed by atoms with van der Waals surface area (Å²) >= 11 is 0. The number of hydrogen-bond donors (Lipinski definition) is 0. The Bertz CT molecular complexity index is 773. The molecule has 0 fully saturated rings. The van der Waals surface area contributed by atoms with Crippen molar-refractivity contribution in [2.45, 2.75) is 19.9 Å². The van der Waals surface area contributed by atoms with E-state index in [1.807, 2.05) is 13.8 Å². The molecule has 112 valence electrons. The van der Waals surface area contributed by atoms with Gasteiger partial charge in [0.1, 0.15) is 24.2 Å². The molecule has 0 aliphatic rings. The van der Waals surface area contributed by atoms with E-state index in [-0.39, 0.29) is 11.9 Å². The van der Waals surface area contributed by atoms with Gasteiger partial charge in [-0.1, -0.05) is 0 Å². The normalized spacial score (nSPS) is 10.9. The standard InChI is InChI=1S/C15H14FN5O/c1-10(2)21-15(19-9-20-21)13-5-11(16)3-4-14(13)22-12-6-17-8-18-7-12/h3-10H,1-2H3. The second-order valence-electron chi connectivity index (χ2n) is 4.94. The maximum absolute atomic E-state index is 13.7. The molecular weight excluding hydrogens is 285 g/mol. The first-order chi connectivity index (χ1) is 10.6. The van der Waals surface area contributed by atoms with E-state index in [1.54, 1.807) is 10.7 Å². The van der Waals surface area contributed by atoms with Crippen LogP contribution in [0.1, 0.15) is 19.9 Å². The van der Waals surface area contributed by atoms with Gasteiger partial charge in [0.2, 0.25) is 0 Å². The van der Waals surface area contributed by atoms with Crippen LogP contribution in [0.2, 0.25) is 0 Å². The Balaban J connectivity index is 2.07. The average Bonchev–Trinajstić information content (AvgIpc) is 3.00. The van der Waals surface area contributed by atoms with E-state index in [9.17, 15) is 4.39 Å². The van der Waals surface area contributed by atoms with Crippen molar-refractivity contribution in [2.24, 2.45) is 0 Å². The maximum Gasteiger partial charge on any atom is 0.164 e. The van der Waals surface area contributed by atoms with Crippen molar-refractivity contribution >= 4 is 0 Å². The molecule has 0 spiro atoms. The Kier molecular flexibility index (Phi) is 3.78. The van der Waals surface area contributed by atoms with Gasteiger partial charge >= 0.3 is 0 Å². The largest absolute Gasteiger partial charge is 0.453 e. The Morgan fingerprint density at radius 2 is 1.91 bits per heavy atom. The number of hydrogen-bond acceptors (Lipinski definition) is 5. The van der Waals surface area contributed by atoms with Gasteiger partial charge in [0.25, 0.3) is 0 Å². The molecule has 0 N–H and O–H groups in total. The maximum atomic E-state index is 13.7. The van der Waals surface area contributed by atoms with E-state index in [0.29, 0.717) is 22.9 Å². The molecule has 3 aromatic rings. The van der Waals surface area contributed by atoms with Gasteiger partial charge < -0.3 is 4.74 Å². The quantitative estimate of drug-likeness (QED) is 0.740. The minimum absolute atomic E-state index is 0.0914. The molecule has 0 radical (unpaired) electrons. The predicted octanol–water partition coefficient (Wildman–Crippen LogP) is 3.25. The Hall–Kier alpha value is -2.83. The van der Waals surface area contributed by atoms with E-state index in [2.05, 4.69) is 20.1 Å². The Labute approximate surface area is 126 Å². The van der Waals surface area contributed by atoms with Crippen molar-refractivity contribution in [3.63, 3.8) is 0 Å². The smallest absolute Gasteiger partial charge is 0.164 e. The van der Waals surface area contributed by atoms with Crippen molar-refractivity contribution in [1.29, 1.82) is 0 Å². The monoisotopic (exact) mass is 299 g/mol. The van der Waals surface area contributed by atoms with Crippen LogP contribution in [0.25, 0.3) is 11.4 Å². The molecule has 1 aromatic carbocycles. The highest BCUT2D eigenvalue weighted by Gasteiger charge is 2.16. The Morgan fingerprint density at radius 3 is 2.64 bits per heavy atom. The number of halogens is 1. The van der Waals surface area contributed by atoms with E-state index in [4.69, 9.17) is 4.74 Å². The summed E-state index contributed by atoms with van der Waals surface area (Å²) < 4.78 is 21.1. The second-order valence-corrected chi connectivity index (χ2v) is 4.94. The first-order valence-corrected chi connectivity index (χ1v) is 6.77. The third-order valence-electron chi connectivity index (χ3n) is 3.01. The summed E-state index contributed by atoms with van der Waals surface area (Å²) in [7, 11) is 0. The molecule has 0 aliphatic carbocycles. The van der Waals surface area contributed by atoms with E-state index in [0.717, 1.165) is 0 Å². The van der Waals surface area contributed by atoms with Crippen molar-refractivity contribution in [2.75, 3.05) is 0 Å². The zero-order valence-corrected chi connectivity index (χ0v) is 12.1. The summed E-state index contributed by atoms with van der Waals surface area (Å²) in [6.07, 6.45) is 5.92. The molecule has 3 rings (SSSR count). The van der Waals surface area contributed by atoms with Crippen molar-refractivity contribution in [1.82, 2.24) is 24.7 Å². The number of ether oxygens (including phenoxy) is 1. The van der Waals surface area contributed by atoms with Gasteiger partial charge in [0.05, 0.1) is 18.0 Å². The summed E-state index contributed by atoms with van der Waals surface area (Å²) in [5, 5.41) is 4.17. The molecule has 0 unspecified atom stereocenters. The summed E-state index contributed by atoms with van der Waals surface area (Å²) in [4.78, 5) is 12.0. The molecule has 2 aromatic heterocycles. The van der Waals surface area contributed by atoms with Crippen LogP contribution in [0.15, 0.2) is 43.2 Å². The summed E-state index contributed by atoms with van der Waals surface area (Å²) in [6, 6.07) is 4.35. The van der Waals surface area contributed by atoms with Crippen LogP contribution in [0.3, 0.4) is 0 Å². The van der Waals surface area contributed by atoms with Gasteiger partial charge in [-0.2, -0.15) is 5.10 Å². The van der Waals surface area contributed by atoms with E-state index < -0.39 is 0 Å². The van der Waals surface area contributed by atoms with Crippen LogP contribution in [-0.2, 0) is 0 Å². The minimum atomic E-state index is -0.370. The molecule has 6 nitrogen and oxygen atoms in total. The predicted molar refractivity (Wildman–Crippen MR) is 77.9 cm³/mol. The topological polar surface area (TPSA) is 65.7 Å². The van der Waals surface area contributed by atoms with Crippen molar-refractivity contribution < 1.29 is 9.13 Å². The van der Waals surface area contributed by atoms with Gasteiger partial charge in [-0.05, 0) is 32.0 Å². The lowest BCUT2D eigenvalue weighted by Gasteiger charge is -2.13. The molecule has 0 saturated carbocycles. The van der Waals surface area contributed by atoms with Crippen molar-refractivity contribution in [3.05, 3.63) is 49.1 Å². The van der Waals surface area contributed by atoms with Gasteiger partial charge in [0, 0.05) is 6.04 Å². The zero-order chi connectivity index (χ0) is 15.5. The number of aromatic nitrogens is 5. The highest BCUT2D eigenvalue weighted by molar-refractivity contribution is 5.65. The van der Waals surface area contributed by atoms with Gasteiger partial charge in [-0.25, -0.2) is 24.0 Å². The highest BCUT2D eigenvalue weighted by atomic mass is 19.1. The Morgan fingerprint density at radius 1 is 1.14 bits per heavy atom. The first-order valence-electron chi connectivity index (χ1n) is 6.77. The highest BCUT2D eigenvalue weighted by Crippen LogP contribution is 2.33. The van der Waals surface area contributed by atoms with Crippen LogP contribution in [0, 0.1) is 5.82 Å². The molecule has 0 atom stereocenters. The number of benzene rings is 1. The fraction of sp³-hybridized carbons (Fsp3) is 0.200. The molecule has 7 heteroatoms. The number of nitrogens with zero attached hydrogens (tertiary/aromatic N) is 5. The molecule has 22 heavy (non-hydrogen) atoms. The molecule has 0 bridgehead atoms. The van der Waals surface area contributed by atoms with Crippen LogP contribution in [0.5, 0.6) is 11.5 Å². The van der Waals surface area contributed by atoms with Crippen molar-refractivity contribution in [3.8, 4) is 22.9 Å². The summed E-state index contributed by atoms with van der Waals surface area (Å²) in [6.45, 7) is 3.95. The fourth-order valence-electron chi connectivity index (χ4n) is 2.05. The van der Waals surface area contributed by atoms with Crippen LogP contribution in [0.4, 0.5) is 4.39 Å². The fourth-order valence-corrected chi connectivity index (χ4v) is 2.05. The lowest BCUT2D eigenvalue weighted by molar-refractivity contribution is 0.474. The SMILES string of the molecule is CC(C)n1ncnc1-c1cc(F)ccc1Oc1cncnc1.